The highest BCUT2D eigenvalue weighted by molar-refractivity contribution is 6.42. The number of carbonyl (C=O) groups is 2. The molecule has 0 atom stereocenters. The van der Waals surface area contributed by atoms with Gasteiger partial charge in [0, 0.05) is 29.8 Å². The second kappa shape index (κ2) is 10.4. The highest BCUT2D eigenvalue weighted by Gasteiger charge is 2.46. The van der Waals surface area contributed by atoms with Gasteiger partial charge >= 0.3 is 5.97 Å². The molecule has 1 fully saturated rings. The van der Waals surface area contributed by atoms with Crippen molar-refractivity contribution in [3.63, 3.8) is 0 Å². The molecule has 0 N–H and O–H groups in total. The minimum absolute atomic E-state index is 0.0880. The van der Waals surface area contributed by atoms with Crippen LogP contribution in [0.1, 0.15) is 44.7 Å². The van der Waals surface area contributed by atoms with Crippen molar-refractivity contribution in [3.05, 3.63) is 93.0 Å². The number of methoxy groups -OCH3 is 2. The van der Waals surface area contributed by atoms with Crippen LogP contribution in [0.5, 0.6) is 5.75 Å². The van der Waals surface area contributed by atoms with Gasteiger partial charge in [-0.15, -0.1) is 0 Å². The van der Waals surface area contributed by atoms with Crippen LogP contribution in [0.4, 0.5) is 5.69 Å². The van der Waals surface area contributed by atoms with E-state index in [1.807, 2.05) is 29.2 Å². The number of nitrogens with zero attached hydrogens (tertiary/aromatic N) is 2. The van der Waals surface area contributed by atoms with Crippen molar-refractivity contribution in [1.29, 1.82) is 0 Å². The van der Waals surface area contributed by atoms with Gasteiger partial charge in [0.2, 0.25) is 0 Å². The molecule has 0 aromatic heterocycles. The molecule has 8 heteroatoms. The second-order valence-electron chi connectivity index (χ2n) is 9.65. The predicted molar refractivity (Wildman–Crippen MR) is 145 cm³/mol. The van der Waals surface area contributed by atoms with Crippen molar-refractivity contribution < 1.29 is 19.1 Å². The van der Waals surface area contributed by atoms with Crippen LogP contribution in [-0.4, -0.2) is 50.6 Å². The molecule has 0 saturated carbocycles. The lowest BCUT2D eigenvalue weighted by atomic mass is 9.74. The van der Waals surface area contributed by atoms with Gasteiger partial charge in [0.05, 0.1) is 29.8 Å². The van der Waals surface area contributed by atoms with Gasteiger partial charge in [-0.1, -0.05) is 35.3 Å². The first kappa shape index (κ1) is 25.6. The Hall–Kier alpha value is -3.06. The van der Waals surface area contributed by atoms with Gasteiger partial charge < -0.3 is 14.4 Å². The van der Waals surface area contributed by atoms with Gasteiger partial charge in [-0.2, -0.15) is 0 Å². The number of benzene rings is 3. The highest BCUT2D eigenvalue weighted by Crippen LogP contribution is 2.49. The maximum atomic E-state index is 13.6. The van der Waals surface area contributed by atoms with E-state index >= 15 is 0 Å². The number of fused-ring (bicyclic) bond motifs is 2. The minimum Gasteiger partial charge on any atom is -0.497 e. The third-order valence-corrected chi connectivity index (χ3v) is 8.27. The van der Waals surface area contributed by atoms with Crippen molar-refractivity contribution in [1.82, 2.24) is 4.90 Å². The lowest BCUT2D eigenvalue weighted by Crippen LogP contribution is -2.45. The number of hydrogen-bond acceptors (Lipinski definition) is 5. The largest absolute Gasteiger partial charge is 0.497 e. The molecule has 0 radical (unpaired) electrons. The van der Waals surface area contributed by atoms with Crippen LogP contribution in [-0.2, 0) is 16.7 Å². The summed E-state index contributed by atoms with van der Waals surface area (Å²) in [5.41, 5.74) is 4.13. The van der Waals surface area contributed by atoms with Crippen LogP contribution >= 0.6 is 23.2 Å². The molecule has 2 aliphatic rings. The fourth-order valence-electron chi connectivity index (χ4n) is 5.43. The number of rotatable bonds is 5. The Morgan fingerprint density at radius 2 is 1.59 bits per heavy atom. The van der Waals surface area contributed by atoms with Gasteiger partial charge in [0.1, 0.15) is 5.75 Å². The zero-order valence-corrected chi connectivity index (χ0v) is 22.3. The van der Waals surface area contributed by atoms with E-state index in [-0.39, 0.29) is 17.3 Å². The van der Waals surface area contributed by atoms with E-state index in [9.17, 15) is 9.59 Å². The topological polar surface area (TPSA) is 59.1 Å². The van der Waals surface area contributed by atoms with E-state index in [1.54, 1.807) is 37.4 Å². The molecule has 1 spiro atoms. The van der Waals surface area contributed by atoms with Gasteiger partial charge in [-0.05, 0) is 85.6 Å². The van der Waals surface area contributed by atoms with Crippen molar-refractivity contribution in [2.24, 2.45) is 0 Å². The maximum Gasteiger partial charge on any atom is 0.337 e. The van der Waals surface area contributed by atoms with E-state index in [0.717, 1.165) is 55.0 Å². The summed E-state index contributed by atoms with van der Waals surface area (Å²) in [5, 5.41) is 0.790. The summed E-state index contributed by atoms with van der Waals surface area (Å²) in [6.07, 6.45) is 1.83. The number of anilines is 1. The fourth-order valence-corrected chi connectivity index (χ4v) is 5.73. The Labute approximate surface area is 226 Å². The number of esters is 1. The Morgan fingerprint density at radius 1 is 0.892 bits per heavy atom. The molecule has 0 aliphatic carbocycles. The van der Waals surface area contributed by atoms with Crippen molar-refractivity contribution >= 4 is 40.8 Å². The first-order chi connectivity index (χ1) is 17.8. The first-order valence-corrected chi connectivity index (χ1v) is 12.9. The number of ether oxygens (including phenoxy) is 2. The SMILES string of the molecule is COC(=O)c1ccc(CN2CCC3(CC2)CN(C(=O)c2ccc(Cl)c(Cl)c2)c2ccc(OC)cc23)cc1. The Kier molecular flexibility index (Phi) is 7.17. The summed E-state index contributed by atoms with van der Waals surface area (Å²) >= 11 is 12.3. The summed E-state index contributed by atoms with van der Waals surface area (Å²) < 4.78 is 10.3. The summed E-state index contributed by atoms with van der Waals surface area (Å²) in [6.45, 7) is 3.19. The summed E-state index contributed by atoms with van der Waals surface area (Å²) in [7, 11) is 3.05. The second-order valence-corrected chi connectivity index (χ2v) is 10.5. The van der Waals surface area contributed by atoms with E-state index < -0.39 is 0 Å². The van der Waals surface area contributed by atoms with Crippen LogP contribution in [0.3, 0.4) is 0 Å². The van der Waals surface area contributed by atoms with E-state index in [2.05, 4.69) is 11.0 Å². The fraction of sp³-hybridized carbons (Fsp3) is 0.310. The molecule has 192 valence electrons. The van der Waals surface area contributed by atoms with Gasteiger partial charge in [-0.3, -0.25) is 9.69 Å². The molecule has 1 amide bonds. The molecular weight excluding hydrogens is 511 g/mol. The van der Waals surface area contributed by atoms with Crippen molar-refractivity contribution in [3.8, 4) is 5.75 Å². The lowest BCUT2D eigenvalue weighted by Gasteiger charge is -2.40. The summed E-state index contributed by atoms with van der Waals surface area (Å²) in [4.78, 5) is 29.6. The van der Waals surface area contributed by atoms with Crippen LogP contribution in [0.25, 0.3) is 0 Å². The standard InChI is InChI=1S/C29H28Cl2N2O4/c1-36-22-8-10-26-23(16-22)29(18-33(26)27(34)21-7-9-24(30)25(31)15-21)11-13-32(14-12-29)17-19-3-5-20(6-4-19)28(35)37-2/h3-10,15-16H,11-14,17-18H2,1-2H3. The molecule has 0 unspecified atom stereocenters. The molecule has 2 aliphatic heterocycles. The smallest absolute Gasteiger partial charge is 0.337 e. The van der Waals surface area contributed by atoms with E-state index in [4.69, 9.17) is 32.7 Å². The molecule has 1 saturated heterocycles. The molecule has 5 rings (SSSR count). The highest BCUT2D eigenvalue weighted by atomic mass is 35.5. The zero-order valence-electron chi connectivity index (χ0n) is 20.8. The minimum atomic E-state index is -0.332. The molecule has 3 aromatic carbocycles. The molecule has 3 aromatic rings. The third kappa shape index (κ3) is 4.93. The maximum absolute atomic E-state index is 13.6. The average Bonchev–Trinajstić information content (AvgIpc) is 3.24. The number of hydrogen-bond donors (Lipinski definition) is 0. The average molecular weight is 539 g/mol. The van der Waals surface area contributed by atoms with Crippen molar-refractivity contribution in [2.45, 2.75) is 24.8 Å². The monoisotopic (exact) mass is 538 g/mol. The van der Waals surface area contributed by atoms with Gasteiger partial charge in [0.25, 0.3) is 5.91 Å². The van der Waals surface area contributed by atoms with E-state index in [1.165, 1.54) is 7.11 Å². The van der Waals surface area contributed by atoms with Gasteiger partial charge in [-0.25, -0.2) is 4.79 Å². The quantitative estimate of drug-likeness (QED) is 0.374. The third-order valence-electron chi connectivity index (χ3n) is 7.53. The number of piperidine rings is 1. The Bertz CT molecular complexity index is 1330. The molecular formula is C29H28Cl2N2O4. The van der Waals surface area contributed by atoms with Gasteiger partial charge in [0.15, 0.2) is 0 Å². The van der Waals surface area contributed by atoms with E-state index in [0.29, 0.717) is 27.7 Å². The predicted octanol–water partition coefficient (Wildman–Crippen LogP) is 5.98. The van der Waals surface area contributed by atoms with Crippen molar-refractivity contribution in [2.75, 3.05) is 38.8 Å². The summed E-state index contributed by atoms with van der Waals surface area (Å²) in [5.74, 6) is 0.367. The normalized spacial score (nSPS) is 16.5. The van der Waals surface area contributed by atoms with Crippen LogP contribution < -0.4 is 9.64 Å². The molecule has 0 bridgehead atoms. The van der Waals surface area contributed by atoms with Crippen LogP contribution in [0.15, 0.2) is 60.7 Å². The summed E-state index contributed by atoms with van der Waals surface area (Å²) in [6, 6.07) is 18.5. The Morgan fingerprint density at radius 3 is 2.24 bits per heavy atom. The number of carbonyl (C=O) groups excluding carboxylic acids is 2. The number of likely N-dealkylation sites (tertiary alicyclic amines) is 1. The molecule has 37 heavy (non-hydrogen) atoms. The molecule has 6 nitrogen and oxygen atoms in total. The molecule has 2 heterocycles. The Balaban J connectivity index is 1.35. The first-order valence-electron chi connectivity index (χ1n) is 12.2. The number of halogens is 2. The van der Waals surface area contributed by atoms with Crippen LogP contribution in [0, 0.1) is 0 Å². The zero-order chi connectivity index (χ0) is 26.2. The lowest BCUT2D eigenvalue weighted by molar-refractivity contribution is 0.0600. The number of amides is 1. The van der Waals surface area contributed by atoms with Crippen LogP contribution in [0.2, 0.25) is 10.0 Å².